The summed E-state index contributed by atoms with van der Waals surface area (Å²) >= 11 is 0. The van der Waals surface area contributed by atoms with Crippen LogP contribution in [0.15, 0.2) is 30.3 Å². The van der Waals surface area contributed by atoms with Gasteiger partial charge in [-0.15, -0.1) is 0 Å². The summed E-state index contributed by atoms with van der Waals surface area (Å²) in [6.07, 6.45) is 4.01. The van der Waals surface area contributed by atoms with Gasteiger partial charge in [0.25, 0.3) is 0 Å². The van der Waals surface area contributed by atoms with E-state index in [4.69, 9.17) is 0 Å². The minimum Gasteiger partial charge on any atom is -0.313 e. The van der Waals surface area contributed by atoms with Gasteiger partial charge in [-0.25, -0.2) is 0 Å². The zero-order valence-electron chi connectivity index (χ0n) is 11.7. The van der Waals surface area contributed by atoms with Crippen LogP contribution in [0.4, 0.5) is 0 Å². The first-order valence-electron chi connectivity index (χ1n) is 7.04. The van der Waals surface area contributed by atoms with Crippen molar-refractivity contribution in [3.8, 4) is 0 Å². The van der Waals surface area contributed by atoms with Crippen LogP contribution < -0.4 is 5.32 Å². The summed E-state index contributed by atoms with van der Waals surface area (Å²) in [6, 6.07) is 11.3. The van der Waals surface area contributed by atoms with Crippen molar-refractivity contribution in [2.45, 2.75) is 25.4 Å². The van der Waals surface area contributed by atoms with Crippen LogP contribution >= 0.6 is 0 Å². The summed E-state index contributed by atoms with van der Waals surface area (Å²) in [5.41, 5.74) is 1.39. The van der Waals surface area contributed by atoms with E-state index in [0.717, 1.165) is 31.8 Å². The molecule has 3 nitrogen and oxygen atoms in total. The molecule has 0 bridgehead atoms. The molecule has 1 aliphatic rings. The van der Waals surface area contributed by atoms with E-state index in [9.17, 15) is 4.21 Å². The van der Waals surface area contributed by atoms with E-state index in [0.29, 0.717) is 6.04 Å². The molecule has 2 atom stereocenters. The average molecular weight is 280 g/mol. The first-order valence-corrected chi connectivity index (χ1v) is 8.76. The molecule has 0 amide bonds. The van der Waals surface area contributed by atoms with Crippen LogP contribution in [0, 0.1) is 0 Å². The minimum absolute atomic E-state index is 0.606. The third kappa shape index (κ3) is 5.43. The molecule has 1 aliphatic heterocycles. The summed E-state index contributed by atoms with van der Waals surface area (Å²) in [4.78, 5) is 2.50. The third-order valence-electron chi connectivity index (χ3n) is 3.56. The normalized spacial score (nSPS) is 21.6. The molecule has 0 aromatic heterocycles. The molecular weight excluding hydrogens is 256 g/mol. The molecule has 1 N–H and O–H groups in total. The Morgan fingerprint density at radius 1 is 1.37 bits per heavy atom. The first-order chi connectivity index (χ1) is 9.24. The van der Waals surface area contributed by atoms with Gasteiger partial charge in [-0.3, -0.25) is 9.11 Å². The predicted octanol–water partition coefficient (Wildman–Crippen LogP) is 1.62. The van der Waals surface area contributed by atoms with Gasteiger partial charge in [-0.05, 0) is 24.9 Å². The molecule has 2 unspecified atom stereocenters. The fraction of sp³-hybridized carbons (Fsp3) is 0.600. The topological polar surface area (TPSA) is 32.3 Å². The molecule has 0 spiro atoms. The van der Waals surface area contributed by atoms with E-state index >= 15 is 0 Å². The van der Waals surface area contributed by atoms with Gasteiger partial charge in [0.15, 0.2) is 0 Å². The Hall–Kier alpha value is -0.710. The zero-order chi connectivity index (χ0) is 13.5. The van der Waals surface area contributed by atoms with Gasteiger partial charge in [0.05, 0.1) is 0 Å². The molecule has 1 aromatic rings. The quantitative estimate of drug-likeness (QED) is 0.770. The highest BCUT2D eigenvalue weighted by molar-refractivity contribution is 7.84. The number of nitrogens with zero attached hydrogens (tertiary/aromatic N) is 1. The molecule has 106 valence electrons. The molecule has 0 aliphatic carbocycles. The van der Waals surface area contributed by atoms with Gasteiger partial charge < -0.3 is 5.32 Å². The van der Waals surface area contributed by atoms with E-state index < -0.39 is 10.8 Å². The smallest absolute Gasteiger partial charge is 0.0244 e. The van der Waals surface area contributed by atoms with Crippen LogP contribution in [0.25, 0.3) is 0 Å². The molecule has 1 aromatic carbocycles. The number of rotatable bonds is 7. The fourth-order valence-corrected chi connectivity index (χ4v) is 3.12. The highest BCUT2D eigenvalue weighted by atomic mass is 32.2. The number of benzene rings is 1. The Kier molecular flexibility index (Phi) is 6.01. The standard InChI is InChI=1S/C15H24N2OS/c1-19(18)11-5-9-16-15-8-10-17(13-15)12-14-6-3-2-4-7-14/h2-4,6-7,15-16H,5,8-13H2,1H3. The summed E-state index contributed by atoms with van der Waals surface area (Å²) in [7, 11) is -0.652. The maximum Gasteiger partial charge on any atom is 0.0244 e. The molecule has 0 radical (unpaired) electrons. The molecule has 2 rings (SSSR count). The minimum atomic E-state index is -0.652. The van der Waals surface area contributed by atoms with Crippen LogP contribution in [-0.2, 0) is 17.3 Å². The molecule has 1 saturated heterocycles. The molecule has 1 heterocycles. The lowest BCUT2D eigenvalue weighted by atomic mass is 10.2. The van der Waals surface area contributed by atoms with Gasteiger partial charge in [0.2, 0.25) is 0 Å². The second-order valence-corrected chi connectivity index (χ2v) is 6.85. The Bertz CT molecular complexity index is 396. The van der Waals surface area contributed by atoms with Crippen molar-refractivity contribution in [2.24, 2.45) is 0 Å². The molecule has 0 saturated carbocycles. The van der Waals surface area contributed by atoms with E-state index in [1.807, 2.05) is 0 Å². The predicted molar refractivity (Wildman–Crippen MR) is 81.7 cm³/mol. The van der Waals surface area contributed by atoms with Gasteiger partial charge >= 0.3 is 0 Å². The molecular formula is C15H24N2OS. The van der Waals surface area contributed by atoms with Gasteiger partial charge in [-0.2, -0.15) is 0 Å². The monoisotopic (exact) mass is 280 g/mol. The molecule has 1 fully saturated rings. The van der Waals surface area contributed by atoms with E-state index in [1.54, 1.807) is 6.26 Å². The Balaban J connectivity index is 1.64. The van der Waals surface area contributed by atoms with Crippen molar-refractivity contribution >= 4 is 10.8 Å². The number of hydrogen-bond donors (Lipinski definition) is 1. The van der Waals surface area contributed by atoms with E-state index in [-0.39, 0.29) is 0 Å². The summed E-state index contributed by atoms with van der Waals surface area (Å²) in [6.45, 7) is 4.35. The van der Waals surface area contributed by atoms with Gasteiger partial charge in [-0.1, -0.05) is 30.3 Å². The maximum absolute atomic E-state index is 11.0. The van der Waals surface area contributed by atoms with Gasteiger partial charge in [0, 0.05) is 48.5 Å². The number of likely N-dealkylation sites (tertiary alicyclic amines) is 1. The van der Waals surface area contributed by atoms with Crippen molar-refractivity contribution in [2.75, 3.05) is 31.6 Å². The van der Waals surface area contributed by atoms with Gasteiger partial charge in [0.1, 0.15) is 0 Å². The average Bonchev–Trinajstić information content (AvgIpc) is 2.83. The largest absolute Gasteiger partial charge is 0.313 e. The van der Waals surface area contributed by atoms with Crippen LogP contribution in [0.3, 0.4) is 0 Å². The van der Waals surface area contributed by atoms with Crippen LogP contribution in [-0.4, -0.2) is 46.8 Å². The number of hydrogen-bond acceptors (Lipinski definition) is 3. The molecule has 19 heavy (non-hydrogen) atoms. The van der Waals surface area contributed by atoms with Crippen LogP contribution in [0.1, 0.15) is 18.4 Å². The van der Waals surface area contributed by atoms with Crippen molar-refractivity contribution in [3.63, 3.8) is 0 Å². The fourth-order valence-electron chi connectivity index (χ4n) is 2.57. The Morgan fingerprint density at radius 3 is 2.89 bits per heavy atom. The summed E-state index contributed by atoms with van der Waals surface area (Å²) in [5.74, 6) is 0.813. The second-order valence-electron chi connectivity index (χ2n) is 5.29. The summed E-state index contributed by atoms with van der Waals surface area (Å²) < 4.78 is 11.0. The lowest BCUT2D eigenvalue weighted by molar-refractivity contribution is 0.320. The Morgan fingerprint density at radius 2 is 2.16 bits per heavy atom. The van der Waals surface area contributed by atoms with E-state index in [2.05, 4.69) is 40.5 Å². The van der Waals surface area contributed by atoms with E-state index in [1.165, 1.54) is 18.5 Å². The summed E-state index contributed by atoms with van der Waals surface area (Å²) in [5, 5.41) is 3.58. The zero-order valence-corrected chi connectivity index (χ0v) is 12.5. The highest BCUT2D eigenvalue weighted by Gasteiger charge is 2.21. The number of nitrogens with one attached hydrogen (secondary N) is 1. The van der Waals surface area contributed by atoms with Crippen molar-refractivity contribution in [1.29, 1.82) is 0 Å². The first kappa shape index (κ1) is 14.7. The van der Waals surface area contributed by atoms with Crippen molar-refractivity contribution in [1.82, 2.24) is 10.2 Å². The maximum atomic E-state index is 11.0. The molecule has 4 heteroatoms. The van der Waals surface area contributed by atoms with Crippen molar-refractivity contribution < 1.29 is 4.21 Å². The lowest BCUT2D eigenvalue weighted by Gasteiger charge is -2.16. The van der Waals surface area contributed by atoms with Crippen LogP contribution in [0.5, 0.6) is 0 Å². The van der Waals surface area contributed by atoms with Crippen molar-refractivity contribution in [3.05, 3.63) is 35.9 Å². The SMILES string of the molecule is CS(=O)CCCNC1CCN(Cc2ccccc2)C1. The third-order valence-corrected chi connectivity index (χ3v) is 4.43. The van der Waals surface area contributed by atoms with Crippen LogP contribution in [0.2, 0.25) is 0 Å². The lowest BCUT2D eigenvalue weighted by Crippen LogP contribution is -2.33. The second kappa shape index (κ2) is 7.78. The Labute approximate surface area is 118 Å². The highest BCUT2D eigenvalue weighted by Crippen LogP contribution is 2.13.